The molecule has 0 aliphatic heterocycles. The Morgan fingerprint density at radius 3 is 2.55 bits per heavy atom. The number of hydrogen-bond acceptors (Lipinski definition) is 2. The van der Waals surface area contributed by atoms with Crippen LogP contribution < -0.4 is 5.73 Å². The number of benzene rings is 1. The van der Waals surface area contributed by atoms with E-state index in [-0.39, 0.29) is 11.7 Å². The standard InChI is InChI=1S/C15H17F2N3/c1-9(18)6-10-7-12(16)15(13(17)8-10)20-5-4-14(19-20)11-2-3-11/h4-5,7-9,11H,2-3,6,18H2,1H3. The van der Waals surface area contributed by atoms with Gasteiger partial charge in [-0.05, 0) is 49.9 Å². The number of aromatic nitrogens is 2. The Balaban J connectivity index is 1.95. The topological polar surface area (TPSA) is 43.8 Å². The van der Waals surface area contributed by atoms with Crippen LogP contribution in [-0.2, 0) is 6.42 Å². The van der Waals surface area contributed by atoms with Crippen LogP contribution in [0.4, 0.5) is 8.78 Å². The average molecular weight is 277 g/mol. The van der Waals surface area contributed by atoms with Gasteiger partial charge in [-0.3, -0.25) is 0 Å². The molecule has 1 unspecified atom stereocenters. The smallest absolute Gasteiger partial charge is 0.152 e. The van der Waals surface area contributed by atoms with Crippen LogP contribution in [0.2, 0.25) is 0 Å². The SMILES string of the molecule is CC(N)Cc1cc(F)c(-n2ccc(C3CC3)n2)c(F)c1. The van der Waals surface area contributed by atoms with Crippen molar-refractivity contribution in [2.24, 2.45) is 5.73 Å². The number of nitrogens with two attached hydrogens (primary N) is 1. The Hall–Kier alpha value is -1.75. The molecule has 1 saturated carbocycles. The van der Waals surface area contributed by atoms with Crippen molar-refractivity contribution in [2.75, 3.05) is 0 Å². The van der Waals surface area contributed by atoms with Crippen molar-refractivity contribution in [3.05, 3.63) is 47.3 Å². The fourth-order valence-electron chi connectivity index (χ4n) is 2.39. The second kappa shape index (κ2) is 4.98. The van der Waals surface area contributed by atoms with E-state index in [1.165, 1.54) is 16.8 Å². The summed E-state index contributed by atoms with van der Waals surface area (Å²) in [5.74, 6) is -0.753. The van der Waals surface area contributed by atoms with Crippen LogP contribution in [0.1, 0.15) is 36.9 Å². The Kier molecular flexibility index (Phi) is 3.30. The van der Waals surface area contributed by atoms with E-state index in [2.05, 4.69) is 5.10 Å². The Labute approximate surface area is 116 Å². The van der Waals surface area contributed by atoms with Gasteiger partial charge in [-0.2, -0.15) is 5.10 Å². The van der Waals surface area contributed by atoms with Crippen LogP contribution in [-0.4, -0.2) is 15.8 Å². The fourth-order valence-corrected chi connectivity index (χ4v) is 2.39. The highest BCUT2D eigenvalue weighted by atomic mass is 19.1. The Bertz CT molecular complexity index is 607. The third-order valence-corrected chi connectivity index (χ3v) is 3.47. The van der Waals surface area contributed by atoms with Crippen molar-refractivity contribution in [3.8, 4) is 5.69 Å². The lowest BCUT2D eigenvalue weighted by atomic mass is 10.1. The second-order valence-corrected chi connectivity index (χ2v) is 5.55. The molecule has 1 aromatic heterocycles. The summed E-state index contributed by atoms with van der Waals surface area (Å²) < 4.78 is 29.5. The van der Waals surface area contributed by atoms with E-state index < -0.39 is 11.6 Å². The summed E-state index contributed by atoms with van der Waals surface area (Å²) in [6.07, 6.45) is 4.27. The lowest BCUT2D eigenvalue weighted by Crippen LogP contribution is -2.18. The maximum absolute atomic E-state index is 14.1. The van der Waals surface area contributed by atoms with Gasteiger partial charge in [-0.1, -0.05) is 0 Å². The van der Waals surface area contributed by atoms with Crippen LogP contribution in [0.3, 0.4) is 0 Å². The molecule has 1 aliphatic rings. The van der Waals surface area contributed by atoms with Gasteiger partial charge in [-0.15, -0.1) is 0 Å². The van der Waals surface area contributed by atoms with Gasteiger partial charge in [0, 0.05) is 18.2 Å². The lowest BCUT2D eigenvalue weighted by Gasteiger charge is -2.10. The molecule has 5 heteroatoms. The predicted molar refractivity (Wildman–Crippen MR) is 72.8 cm³/mol. The van der Waals surface area contributed by atoms with Crippen LogP contribution in [0.25, 0.3) is 5.69 Å². The van der Waals surface area contributed by atoms with E-state index in [4.69, 9.17) is 5.73 Å². The highest BCUT2D eigenvalue weighted by molar-refractivity contribution is 5.38. The molecule has 2 N–H and O–H groups in total. The van der Waals surface area contributed by atoms with Gasteiger partial charge >= 0.3 is 0 Å². The molecule has 106 valence electrons. The summed E-state index contributed by atoms with van der Waals surface area (Å²) in [4.78, 5) is 0. The van der Waals surface area contributed by atoms with E-state index >= 15 is 0 Å². The van der Waals surface area contributed by atoms with Crippen molar-refractivity contribution in [1.29, 1.82) is 0 Å². The third-order valence-electron chi connectivity index (χ3n) is 3.47. The molecule has 0 saturated heterocycles. The summed E-state index contributed by atoms with van der Waals surface area (Å²) >= 11 is 0. The van der Waals surface area contributed by atoms with E-state index in [1.54, 1.807) is 13.1 Å². The first-order valence-corrected chi connectivity index (χ1v) is 6.84. The van der Waals surface area contributed by atoms with E-state index in [0.717, 1.165) is 18.5 Å². The maximum Gasteiger partial charge on any atom is 0.152 e. The molecule has 3 nitrogen and oxygen atoms in total. The van der Waals surface area contributed by atoms with Crippen molar-refractivity contribution in [2.45, 2.75) is 38.1 Å². The number of halogens is 2. The molecule has 20 heavy (non-hydrogen) atoms. The van der Waals surface area contributed by atoms with Crippen LogP contribution in [0, 0.1) is 11.6 Å². The molecule has 0 amide bonds. The highest BCUT2D eigenvalue weighted by Gasteiger charge is 2.26. The monoisotopic (exact) mass is 277 g/mol. The highest BCUT2D eigenvalue weighted by Crippen LogP contribution is 2.39. The molecule has 0 spiro atoms. The molecule has 0 bridgehead atoms. The van der Waals surface area contributed by atoms with Gasteiger partial charge in [0.25, 0.3) is 0 Å². The van der Waals surface area contributed by atoms with Crippen molar-refractivity contribution < 1.29 is 8.78 Å². The number of hydrogen-bond donors (Lipinski definition) is 1. The van der Waals surface area contributed by atoms with E-state index in [0.29, 0.717) is 17.9 Å². The molecule has 1 aliphatic carbocycles. The second-order valence-electron chi connectivity index (χ2n) is 5.55. The van der Waals surface area contributed by atoms with Crippen LogP contribution in [0.5, 0.6) is 0 Å². The molecule has 1 fully saturated rings. The summed E-state index contributed by atoms with van der Waals surface area (Å²) in [5, 5.41) is 4.27. The van der Waals surface area contributed by atoms with Crippen molar-refractivity contribution >= 4 is 0 Å². The molecule has 1 aromatic carbocycles. The first-order chi connectivity index (χ1) is 9.54. The van der Waals surface area contributed by atoms with Crippen LogP contribution >= 0.6 is 0 Å². The summed E-state index contributed by atoms with van der Waals surface area (Å²) in [6, 6.07) is 4.36. The minimum absolute atomic E-state index is 0.120. The maximum atomic E-state index is 14.1. The van der Waals surface area contributed by atoms with Gasteiger partial charge in [-0.25, -0.2) is 13.5 Å². The van der Waals surface area contributed by atoms with Crippen LogP contribution in [0.15, 0.2) is 24.4 Å². The minimum atomic E-state index is -0.605. The van der Waals surface area contributed by atoms with E-state index in [1.807, 2.05) is 6.07 Å². The van der Waals surface area contributed by atoms with Gasteiger partial charge in [0.15, 0.2) is 11.6 Å². The minimum Gasteiger partial charge on any atom is -0.328 e. The zero-order valence-corrected chi connectivity index (χ0v) is 11.3. The molecule has 1 atom stereocenters. The summed E-state index contributed by atoms with van der Waals surface area (Å²) in [6.45, 7) is 1.80. The van der Waals surface area contributed by atoms with E-state index in [9.17, 15) is 8.78 Å². The third kappa shape index (κ3) is 2.58. The van der Waals surface area contributed by atoms with Gasteiger partial charge in [0.05, 0.1) is 5.69 Å². The Morgan fingerprint density at radius 1 is 1.35 bits per heavy atom. The van der Waals surface area contributed by atoms with Crippen molar-refractivity contribution in [1.82, 2.24) is 9.78 Å². The normalized spacial score (nSPS) is 16.4. The summed E-state index contributed by atoms with van der Waals surface area (Å²) in [7, 11) is 0. The quantitative estimate of drug-likeness (QED) is 0.933. The van der Waals surface area contributed by atoms with Gasteiger partial charge in [0.1, 0.15) is 5.69 Å². The largest absolute Gasteiger partial charge is 0.328 e. The predicted octanol–water partition coefficient (Wildman–Crippen LogP) is 2.92. The Morgan fingerprint density at radius 2 is 2.00 bits per heavy atom. The average Bonchev–Trinajstić information content (AvgIpc) is 3.08. The first-order valence-electron chi connectivity index (χ1n) is 6.84. The molecule has 2 aromatic rings. The number of rotatable bonds is 4. The molecular formula is C15H17F2N3. The summed E-state index contributed by atoms with van der Waals surface area (Å²) in [5.41, 5.74) is 7.00. The lowest BCUT2D eigenvalue weighted by molar-refractivity contribution is 0.554. The fraction of sp³-hybridized carbons (Fsp3) is 0.400. The van der Waals surface area contributed by atoms with Gasteiger partial charge < -0.3 is 5.73 Å². The van der Waals surface area contributed by atoms with Crippen molar-refractivity contribution in [3.63, 3.8) is 0 Å². The molecule has 3 rings (SSSR count). The first kappa shape index (κ1) is 13.2. The molecular weight excluding hydrogens is 260 g/mol. The van der Waals surface area contributed by atoms with Gasteiger partial charge in [0.2, 0.25) is 0 Å². The molecule has 0 radical (unpaired) electrons. The number of nitrogens with zero attached hydrogens (tertiary/aromatic N) is 2. The zero-order valence-electron chi connectivity index (χ0n) is 11.3. The zero-order chi connectivity index (χ0) is 14.3. The molecule has 1 heterocycles.